The van der Waals surface area contributed by atoms with Crippen LogP contribution in [0.25, 0.3) is 0 Å². The number of rotatable bonds is 9. The van der Waals surface area contributed by atoms with E-state index in [0.29, 0.717) is 22.6 Å². The number of carbonyl (C=O) groups excluding carboxylic acids is 2. The molecule has 0 bridgehead atoms. The highest BCUT2D eigenvalue weighted by Gasteiger charge is 2.20. The Hall–Kier alpha value is -4.45. The van der Waals surface area contributed by atoms with Crippen LogP contribution < -0.4 is 15.0 Å². The van der Waals surface area contributed by atoms with E-state index >= 15 is 0 Å². The number of methoxy groups -OCH3 is 1. The fourth-order valence-corrected chi connectivity index (χ4v) is 4.11. The van der Waals surface area contributed by atoms with Crippen LogP contribution in [-0.2, 0) is 17.8 Å². The van der Waals surface area contributed by atoms with E-state index in [4.69, 9.17) is 4.74 Å². The summed E-state index contributed by atoms with van der Waals surface area (Å²) in [6.45, 7) is 2.13. The molecule has 5 nitrogen and oxygen atoms in total. The van der Waals surface area contributed by atoms with Gasteiger partial charge in [0, 0.05) is 11.3 Å². The van der Waals surface area contributed by atoms with Crippen molar-refractivity contribution in [3.63, 3.8) is 0 Å². The smallest absolute Gasteiger partial charge is 0.258 e. The molecule has 0 saturated heterocycles. The van der Waals surface area contributed by atoms with Crippen molar-refractivity contribution < 1.29 is 18.7 Å². The quantitative estimate of drug-likeness (QED) is 0.305. The van der Waals surface area contributed by atoms with Crippen LogP contribution in [0, 0.1) is 5.82 Å². The predicted molar refractivity (Wildman–Crippen MR) is 143 cm³/mol. The lowest BCUT2D eigenvalue weighted by Crippen LogP contribution is -2.30. The van der Waals surface area contributed by atoms with Crippen LogP contribution >= 0.6 is 0 Å². The topological polar surface area (TPSA) is 58.6 Å². The molecular weight excluding hydrogens is 467 g/mol. The average Bonchev–Trinajstić information content (AvgIpc) is 2.92. The highest BCUT2D eigenvalue weighted by atomic mass is 19.1. The van der Waals surface area contributed by atoms with Gasteiger partial charge in [-0.15, -0.1) is 0 Å². The van der Waals surface area contributed by atoms with Crippen molar-refractivity contribution in [2.75, 3.05) is 12.0 Å². The normalized spacial score (nSPS) is 11.4. The van der Waals surface area contributed by atoms with Crippen LogP contribution in [0.2, 0.25) is 0 Å². The molecule has 0 aliphatic heterocycles. The second-order valence-corrected chi connectivity index (χ2v) is 8.80. The third-order valence-corrected chi connectivity index (χ3v) is 6.08. The Morgan fingerprint density at radius 2 is 1.59 bits per heavy atom. The first-order chi connectivity index (χ1) is 17.9. The average molecular weight is 497 g/mol. The van der Waals surface area contributed by atoms with Gasteiger partial charge in [0.2, 0.25) is 5.91 Å². The number of halogens is 1. The number of hydrogen-bond acceptors (Lipinski definition) is 3. The lowest BCUT2D eigenvalue weighted by molar-refractivity contribution is -0.121. The second kappa shape index (κ2) is 12.0. The van der Waals surface area contributed by atoms with Gasteiger partial charge >= 0.3 is 0 Å². The first-order valence-corrected chi connectivity index (χ1v) is 12.1. The molecule has 1 N–H and O–H groups in total. The zero-order valence-corrected chi connectivity index (χ0v) is 20.9. The van der Waals surface area contributed by atoms with Gasteiger partial charge in [0.1, 0.15) is 11.6 Å². The van der Waals surface area contributed by atoms with Gasteiger partial charge in [-0.3, -0.25) is 9.59 Å². The molecule has 1 atom stereocenters. The van der Waals surface area contributed by atoms with Crippen LogP contribution in [-0.4, -0.2) is 18.9 Å². The van der Waals surface area contributed by atoms with Crippen LogP contribution in [0.15, 0.2) is 103 Å². The molecule has 0 saturated carbocycles. The Labute approximate surface area is 216 Å². The molecule has 4 rings (SSSR count). The Bertz CT molecular complexity index is 1360. The van der Waals surface area contributed by atoms with E-state index in [1.165, 1.54) is 12.1 Å². The molecule has 0 aromatic heterocycles. The lowest BCUT2D eigenvalue weighted by atomic mass is 10.1. The number of nitrogens with zero attached hydrogens (tertiary/aromatic N) is 1. The fraction of sp³-hybridized carbons (Fsp3) is 0.161. The maximum atomic E-state index is 13.9. The molecule has 2 amide bonds. The van der Waals surface area contributed by atoms with E-state index in [9.17, 15) is 14.0 Å². The Morgan fingerprint density at radius 1 is 0.865 bits per heavy atom. The number of benzene rings is 4. The standard InChI is InChI=1S/C31H29FN2O3/c1-22(25-9-4-3-5-10-25)33-30(35)19-23-14-16-28(17-15-23)34(21-24-8-6-12-27(32)18-24)31(36)26-11-7-13-29(20-26)37-2/h3-18,20,22H,19,21H2,1-2H3,(H,33,35). The Kier molecular flexibility index (Phi) is 8.31. The molecule has 37 heavy (non-hydrogen) atoms. The summed E-state index contributed by atoms with van der Waals surface area (Å²) in [4.78, 5) is 27.7. The van der Waals surface area contributed by atoms with Crippen LogP contribution in [0.5, 0.6) is 5.75 Å². The van der Waals surface area contributed by atoms with Crippen molar-refractivity contribution >= 4 is 17.5 Å². The van der Waals surface area contributed by atoms with Crippen LogP contribution in [0.3, 0.4) is 0 Å². The van der Waals surface area contributed by atoms with Gasteiger partial charge < -0.3 is 15.0 Å². The maximum absolute atomic E-state index is 13.9. The SMILES string of the molecule is COc1cccc(C(=O)N(Cc2cccc(F)c2)c2ccc(CC(=O)NC(C)c3ccccc3)cc2)c1. The van der Waals surface area contributed by atoms with Crippen LogP contribution in [0.4, 0.5) is 10.1 Å². The molecule has 0 fully saturated rings. The van der Waals surface area contributed by atoms with Crippen molar-refractivity contribution in [2.24, 2.45) is 0 Å². The molecular formula is C31H29FN2O3. The minimum absolute atomic E-state index is 0.0897. The predicted octanol–water partition coefficient (Wildman–Crippen LogP) is 6.10. The van der Waals surface area contributed by atoms with E-state index in [-0.39, 0.29) is 36.6 Å². The third kappa shape index (κ3) is 6.82. The summed E-state index contributed by atoms with van der Waals surface area (Å²) in [5.74, 6) is -0.126. The van der Waals surface area contributed by atoms with E-state index in [1.807, 2.05) is 49.4 Å². The number of amides is 2. The Balaban J connectivity index is 1.52. The largest absolute Gasteiger partial charge is 0.497 e. The number of anilines is 1. The van der Waals surface area contributed by atoms with Crippen molar-refractivity contribution in [3.05, 3.63) is 131 Å². The molecule has 0 radical (unpaired) electrons. The lowest BCUT2D eigenvalue weighted by Gasteiger charge is -2.24. The zero-order valence-electron chi connectivity index (χ0n) is 20.9. The second-order valence-electron chi connectivity index (χ2n) is 8.80. The van der Waals surface area contributed by atoms with Crippen LogP contribution in [0.1, 0.15) is 40.0 Å². The molecule has 6 heteroatoms. The molecule has 4 aromatic rings. The summed E-state index contributed by atoms with van der Waals surface area (Å²) >= 11 is 0. The first-order valence-electron chi connectivity index (χ1n) is 12.1. The zero-order chi connectivity index (χ0) is 26.2. The summed E-state index contributed by atoms with van der Waals surface area (Å²) in [5.41, 5.74) is 3.61. The van der Waals surface area contributed by atoms with Crippen molar-refractivity contribution in [1.82, 2.24) is 5.32 Å². The maximum Gasteiger partial charge on any atom is 0.258 e. The van der Waals surface area contributed by atoms with Gasteiger partial charge in [-0.25, -0.2) is 4.39 Å². The highest BCUT2D eigenvalue weighted by Crippen LogP contribution is 2.23. The summed E-state index contributed by atoms with van der Waals surface area (Å²) in [6, 6.07) is 30.1. The van der Waals surface area contributed by atoms with Crippen molar-refractivity contribution in [1.29, 1.82) is 0 Å². The van der Waals surface area contributed by atoms with Gasteiger partial charge in [-0.05, 0) is 66.1 Å². The summed E-state index contributed by atoms with van der Waals surface area (Å²) < 4.78 is 19.1. The summed E-state index contributed by atoms with van der Waals surface area (Å²) in [7, 11) is 1.55. The van der Waals surface area contributed by atoms with E-state index in [0.717, 1.165) is 11.1 Å². The fourth-order valence-electron chi connectivity index (χ4n) is 4.11. The first kappa shape index (κ1) is 25.6. The van der Waals surface area contributed by atoms with Crippen molar-refractivity contribution in [3.8, 4) is 5.75 Å². The van der Waals surface area contributed by atoms with Crippen molar-refractivity contribution in [2.45, 2.75) is 25.9 Å². The number of ether oxygens (including phenoxy) is 1. The monoisotopic (exact) mass is 496 g/mol. The molecule has 1 unspecified atom stereocenters. The molecule has 0 spiro atoms. The van der Waals surface area contributed by atoms with Gasteiger partial charge in [0.05, 0.1) is 26.1 Å². The molecule has 0 heterocycles. The van der Waals surface area contributed by atoms with E-state index < -0.39 is 0 Å². The van der Waals surface area contributed by atoms with E-state index in [2.05, 4.69) is 5.32 Å². The third-order valence-electron chi connectivity index (χ3n) is 6.08. The van der Waals surface area contributed by atoms with Gasteiger partial charge in [-0.1, -0.05) is 60.7 Å². The number of nitrogens with one attached hydrogen (secondary N) is 1. The van der Waals surface area contributed by atoms with Gasteiger partial charge in [-0.2, -0.15) is 0 Å². The van der Waals surface area contributed by atoms with Gasteiger partial charge in [0.25, 0.3) is 5.91 Å². The van der Waals surface area contributed by atoms with Gasteiger partial charge in [0.15, 0.2) is 0 Å². The number of carbonyl (C=O) groups is 2. The Morgan fingerprint density at radius 3 is 2.30 bits per heavy atom. The minimum atomic E-state index is -0.364. The number of hydrogen-bond donors (Lipinski definition) is 1. The molecule has 188 valence electrons. The van der Waals surface area contributed by atoms with E-state index in [1.54, 1.807) is 60.5 Å². The molecule has 0 aliphatic rings. The molecule has 4 aromatic carbocycles. The molecule has 0 aliphatic carbocycles. The summed E-state index contributed by atoms with van der Waals surface area (Å²) in [6.07, 6.45) is 0.213. The summed E-state index contributed by atoms with van der Waals surface area (Å²) in [5, 5.41) is 3.02. The minimum Gasteiger partial charge on any atom is -0.497 e. The highest BCUT2D eigenvalue weighted by molar-refractivity contribution is 6.06.